The molecule has 5 nitrogen and oxygen atoms in total. The molecule has 0 aliphatic carbocycles. The molecule has 0 fully saturated rings. The van der Waals surface area contributed by atoms with Gasteiger partial charge in [0.05, 0.1) is 0 Å². The number of para-hydroxylation sites is 1. The number of carbonyl (C=O) groups is 2. The molecule has 0 bridgehead atoms. The van der Waals surface area contributed by atoms with Gasteiger partial charge >= 0.3 is 0 Å². The first-order valence-corrected chi connectivity index (χ1v) is 7.92. The van der Waals surface area contributed by atoms with Gasteiger partial charge in [0.1, 0.15) is 5.75 Å². The maximum atomic E-state index is 12.3. The fourth-order valence-electron chi connectivity index (χ4n) is 2.15. The molecule has 1 atom stereocenters. The van der Waals surface area contributed by atoms with Crippen molar-refractivity contribution in [3.05, 3.63) is 59.7 Å². The van der Waals surface area contributed by atoms with Crippen LogP contribution in [0.25, 0.3) is 0 Å². The van der Waals surface area contributed by atoms with Crippen molar-refractivity contribution < 1.29 is 14.3 Å². The van der Waals surface area contributed by atoms with Crippen molar-refractivity contribution in [3.63, 3.8) is 0 Å². The van der Waals surface area contributed by atoms with Crippen LogP contribution < -0.4 is 15.4 Å². The smallest absolute Gasteiger partial charge is 0.265 e. The summed E-state index contributed by atoms with van der Waals surface area (Å²) in [5.74, 6) is 0.199. The highest BCUT2D eigenvalue weighted by Gasteiger charge is 2.16. The third-order valence-corrected chi connectivity index (χ3v) is 3.52. The zero-order chi connectivity index (χ0) is 17.5. The van der Waals surface area contributed by atoms with Crippen LogP contribution in [-0.4, -0.2) is 24.5 Å². The van der Waals surface area contributed by atoms with E-state index in [1.54, 1.807) is 31.2 Å². The van der Waals surface area contributed by atoms with E-state index in [4.69, 9.17) is 4.74 Å². The summed E-state index contributed by atoms with van der Waals surface area (Å²) in [6.07, 6.45) is -0.653. The molecular weight excluding hydrogens is 304 g/mol. The second-order valence-electron chi connectivity index (χ2n) is 5.45. The maximum Gasteiger partial charge on any atom is 0.265 e. The van der Waals surface area contributed by atoms with Gasteiger partial charge in [0.15, 0.2) is 6.10 Å². The molecule has 2 N–H and O–H groups in total. The van der Waals surface area contributed by atoms with E-state index in [1.807, 2.05) is 38.1 Å². The van der Waals surface area contributed by atoms with Crippen molar-refractivity contribution in [3.8, 4) is 5.75 Å². The molecule has 2 amide bonds. The van der Waals surface area contributed by atoms with E-state index in [0.29, 0.717) is 23.5 Å². The predicted octanol–water partition coefficient (Wildman–Crippen LogP) is 3.15. The Kier molecular flexibility index (Phi) is 5.95. The molecule has 2 aromatic rings. The average Bonchev–Trinajstić information content (AvgIpc) is 2.57. The lowest BCUT2D eigenvalue weighted by atomic mass is 10.1. The van der Waals surface area contributed by atoms with Gasteiger partial charge in [0.25, 0.3) is 11.8 Å². The van der Waals surface area contributed by atoms with E-state index in [-0.39, 0.29) is 11.8 Å². The minimum absolute atomic E-state index is 0.165. The third-order valence-electron chi connectivity index (χ3n) is 3.52. The quantitative estimate of drug-likeness (QED) is 0.857. The van der Waals surface area contributed by atoms with Crippen LogP contribution in [-0.2, 0) is 4.79 Å². The van der Waals surface area contributed by atoms with Crippen LogP contribution >= 0.6 is 0 Å². The second kappa shape index (κ2) is 8.15. The molecule has 0 saturated carbocycles. The number of aryl methyl sites for hydroxylation is 1. The first-order chi connectivity index (χ1) is 11.5. The van der Waals surface area contributed by atoms with E-state index in [1.165, 1.54) is 0 Å². The summed E-state index contributed by atoms with van der Waals surface area (Å²) in [5.41, 5.74) is 1.99. The fourth-order valence-corrected chi connectivity index (χ4v) is 2.15. The molecule has 0 aliphatic heterocycles. The summed E-state index contributed by atoms with van der Waals surface area (Å²) >= 11 is 0. The van der Waals surface area contributed by atoms with E-state index in [9.17, 15) is 9.59 Å². The van der Waals surface area contributed by atoms with E-state index >= 15 is 0 Å². The Labute approximate surface area is 142 Å². The van der Waals surface area contributed by atoms with Crippen LogP contribution in [0.5, 0.6) is 5.75 Å². The van der Waals surface area contributed by atoms with Gasteiger partial charge in [0.2, 0.25) is 0 Å². The Bertz CT molecular complexity index is 714. The monoisotopic (exact) mass is 326 g/mol. The molecular formula is C19H22N2O3. The number of nitrogens with one attached hydrogen (secondary N) is 2. The normalized spacial score (nSPS) is 11.5. The number of amides is 2. The molecule has 5 heteroatoms. The van der Waals surface area contributed by atoms with Crippen LogP contribution in [0.1, 0.15) is 29.8 Å². The number of ether oxygens (including phenoxy) is 1. The lowest BCUT2D eigenvalue weighted by Gasteiger charge is -2.16. The van der Waals surface area contributed by atoms with Gasteiger partial charge in [-0.15, -0.1) is 0 Å². The largest absolute Gasteiger partial charge is 0.481 e. The predicted molar refractivity (Wildman–Crippen MR) is 94.3 cm³/mol. The first kappa shape index (κ1) is 17.5. The van der Waals surface area contributed by atoms with E-state index in [2.05, 4.69) is 10.6 Å². The standard InChI is InChI=1S/C19H22N2O3/c1-4-20-19(23)15-11-10-13(2)17(12-15)21-18(22)14(3)24-16-8-6-5-7-9-16/h5-12,14H,4H2,1-3H3,(H,20,23)(H,21,22). The Morgan fingerprint density at radius 1 is 1.12 bits per heavy atom. The van der Waals surface area contributed by atoms with Gasteiger partial charge in [0, 0.05) is 17.8 Å². The number of carbonyl (C=O) groups excluding carboxylic acids is 2. The van der Waals surface area contributed by atoms with Crippen LogP contribution in [0.3, 0.4) is 0 Å². The summed E-state index contributed by atoms with van der Waals surface area (Å²) in [7, 11) is 0. The molecule has 0 aromatic heterocycles. The Hall–Kier alpha value is -2.82. The Morgan fingerprint density at radius 2 is 1.83 bits per heavy atom. The number of rotatable bonds is 6. The number of benzene rings is 2. The average molecular weight is 326 g/mol. The highest BCUT2D eigenvalue weighted by atomic mass is 16.5. The van der Waals surface area contributed by atoms with Crippen molar-refractivity contribution >= 4 is 17.5 Å². The summed E-state index contributed by atoms with van der Waals surface area (Å²) in [5, 5.41) is 5.56. The Balaban J connectivity index is 2.07. The van der Waals surface area contributed by atoms with Crippen molar-refractivity contribution in [1.82, 2.24) is 5.32 Å². The van der Waals surface area contributed by atoms with Crippen molar-refractivity contribution in [2.75, 3.05) is 11.9 Å². The maximum absolute atomic E-state index is 12.3. The van der Waals surface area contributed by atoms with Crippen LogP contribution in [0.15, 0.2) is 48.5 Å². The van der Waals surface area contributed by atoms with Crippen LogP contribution in [0.4, 0.5) is 5.69 Å². The minimum atomic E-state index is -0.653. The van der Waals surface area contributed by atoms with Gasteiger partial charge < -0.3 is 15.4 Å². The van der Waals surface area contributed by atoms with E-state index in [0.717, 1.165) is 5.56 Å². The van der Waals surface area contributed by atoms with Crippen molar-refractivity contribution in [2.45, 2.75) is 26.9 Å². The molecule has 126 valence electrons. The van der Waals surface area contributed by atoms with Crippen LogP contribution in [0, 0.1) is 6.92 Å². The Morgan fingerprint density at radius 3 is 2.50 bits per heavy atom. The van der Waals surface area contributed by atoms with Gasteiger partial charge in [-0.05, 0) is 50.6 Å². The number of anilines is 1. The summed E-state index contributed by atoms with van der Waals surface area (Å²) in [4.78, 5) is 24.3. The zero-order valence-electron chi connectivity index (χ0n) is 14.1. The summed E-state index contributed by atoms with van der Waals surface area (Å²) < 4.78 is 5.61. The molecule has 2 aromatic carbocycles. The van der Waals surface area contributed by atoms with Gasteiger partial charge in [-0.2, -0.15) is 0 Å². The molecule has 0 saturated heterocycles. The zero-order valence-corrected chi connectivity index (χ0v) is 14.1. The molecule has 2 rings (SSSR count). The third kappa shape index (κ3) is 4.59. The molecule has 0 heterocycles. The van der Waals surface area contributed by atoms with Gasteiger partial charge in [-0.3, -0.25) is 9.59 Å². The van der Waals surface area contributed by atoms with Gasteiger partial charge in [-0.25, -0.2) is 0 Å². The highest BCUT2D eigenvalue weighted by Crippen LogP contribution is 2.18. The molecule has 0 radical (unpaired) electrons. The summed E-state index contributed by atoms with van der Waals surface area (Å²) in [6.45, 7) is 5.97. The lowest BCUT2D eigenvalue weighted by Crippen LogP contribution is -2.30. The van der Waals surface area contributed by atoms with Gasteiger partial charge in [-0.1, -0.05) is 24.3 Å². The molecule has 1 unspecified atom stereocenters. The van der Waals surface area contributed by atoms with Crippen LogP contribution in [0.2, 0.25) is 0 Å². The van der Waals surface area contributed by atoms with Crippen molar-refractivity contribution in [1.29, 1.82) is 0 Å². The topological polar surface area (TPSA) is 67.4 Å². The lowest BCUT2D eigenvalue weighted by molar-refractivity contribution is -0.122. The molecule has 0 spiro atoms. The second-order valence-corrected chi connectivity index (χ2v) is 5.45. The summed E-state index contributed by atoms with van der Waals surface area (Å²) in [6, 6.07) is 14.4. The first-order valence-electron chi connectivity index (χ1n) is 7.92. The van der Waals surface area contributed by atoms with E-state index < -0.39 is 6.10 Å². The SMILES string of the molecule is CCNC(=O)c1ccc(C)c(NC(=O)C(C)Oc2ccccc2)c1. The van der Waals surface area contributed by atoms with Crippen molar-refractivity contribution in [2.24, 2.45) is 0 Å². The number of hydrogen-bond donors (Lipinski definition) is 2. The minimum Gasteiger partial charge on any atom is -0.481 e. The molecule has 0 aliphatic rings. The fraction of sp³-hybridized carbons (Fsp3) is 0.263. The molecule has 24 heavy (non-hydrogen) atoms. The number of hydrogen-bond acceptors (Lipinski definition) is 3. The highest BCUT2D eigenvalue weighted by molar-refractivity contribution is 5.98.